The highest BCUT2D eigenvalue weighted by molar-refractivity contribution is 6.33. The lowest BCUT2D eigenvalue weighted by Gasteiger charge is -2.07. The van der Waals surface area contributed by atoms with Gasteiger partial charge < -0.3 is 14.4 Å². The average Bonchev–Trinajstić information content (AvgIpc) is 3.29. The Morgan fingerprint density at radius 1 is 1.00 bits per heavy atom. The van der Waals surface area contributed by atoms with Gasteiger partial charge >= 0.3 is 5.97 Å². The van der Waals surface area contributed by atoms with Crippen molar-refractivity contribution >= 4 is 29.7 Å². The maximum absolute atomic E-state index is 10.6. The molecule has 1 heterocycles. The molecule has 0 aliphatic rings. The number of ether oxygens (including phenoxy) is 1. The number of benzene rings is 3. The van der Waals surface area contributed by atoms with E-state index in [-0.39, 0.29) is 6.42 Å². The first-order chi connectivity index (χ1) is 17.0. The number of halogens is 1. The number of carboxylic acids is 1. The molecule has 0 aliphatic carbocycles. The van der Waals surface area contributed by atoms with Crippen LogP contribution in [0.4, 0.5) is 0 Å². The zero-order valence-electron chi connectivity index (χ0n) is 19.5. The lowest BCUT2D eigenvalue weighted by Crippen LogP contribution is -2.01. The van der Waals surface area contributed by atoms with Crippen molar-refractivity contribution in [3.8, 4) is 28.1 Å². The van der Waals surface area contributed by atoms with Gasteiger partial charge in [-0.2, -0.15) is 0 Å². The second-order valence-electron chi connectivity index (χ2n) is 8.08. The summed E-state index contributed by atoms with van der Waals surface area (Å²) < 4.78 is 7.71. The molecule has 3 aromatic carbocycles. The number of imidazole rings is 1. The summed E-state index contributed by atoms with van der Waals surface area (Å²) in [5, 5.41) is 9.38. The van der Waals surface area contributed by atoms with Gasteiger partial charge in [-0.3, -0.25) is 4.79 Å². The third-order valence-corrected chi connectivity index (χ3v) is 5.95. The van der Waals surface area contributed by atoms with Gasteiger partial charge in [-0.05, 0) is 54.3 Å². The van der Waals surface area contributed by atoms with Crippen molar-refractivity contribution in [3.63, 3.8) is 0 Å². The Bertz CT molecular complexity index is 1310. The highest BCUT2D eigenvalue weighted by Gasteiger charge is 2.09. The smallest absolute Gasteiger partial charge is 0.303 e. The van der Waals surface area contributed by atoms with E-state index < -0.39 is 5.97 Å². The van der Waals surface area contributed by atoms with Crippen LogP contribution in [0.25, 0.3) is 34.5 Å². The number of hydrogen-bond donors (Lipinski definition) is 1. The average molecular weight is 487 g/mol. The van der Waals surface area contributed by atoms with Crippen molar-refractivity contribution < 1.29 is 14.6 Å². The quantitative estimate of drug-likeness (QED) is 0.239. The molecule has 0 saturated heterocycles. The van der Waals surface area contributed by atoms with E-state index in [1.807, 2.05) is 60.8 Å². The van der Waals surface area contributed by atoms with E-state index in [1.165, 1.54) is 0 Å². The standard InChI is InChI=1S/C29H27ClN2O3/c1-2-32-20-27(25-6-3-4-7-26(25)30)31-28(32)18-11-21-9-12-22(13-10-21)23-14-16-24(17-15-23)35-19-5-8-29(33)34/h3-4,6-7,9-18,20H,2,5,8,19H2,1H3,(H,33,34)/b18-11+. The van der Waals surface area contributed by atoms with Crippen molar-refractivity contribution in [1.29, 1.82) is 0 Å². The monoisotopic (exact) mass is 486 g/mol. The molecule has 0 bridgehead atoms. The molecule has 0 aliphatic heterocycles. The zero-order chi connectivity index (χ0) is 24.6. The van der Waals surface area contributed by atoms with Crippen molar-refractivity contribution in [2.24, 2.45) is 0 Å². The topological polar surface area (TPSA) is 64.4 Å². The van der Waals surface area contributed by atoms with E-state index in [0.717, 1.165) is 46.1 Å². The number of nitrogens with zero attached hydrogens (tertiary/aromatic N) is 2. The normalized spacial score (nSPS) is 11.1. The van der Waals surface area contributed by atoms with Crippen LogP contribution in [-0.4, -0.2) is 27.2 Å². The highest BCUT2D eigenvalue weighted by atomic mass is 35.5. The summed E-state index contributed by atoms with van der Waals surface area (Å²) in [7, 11) is 0. The van der Waals surface area contributed by atoms with Crippen LogP contribution >= 0.6 is 11.6 Å². The molecule has 1 aromatic heterocycles. The second kappa shape index (κ2) is 11.5. The van der Waals surface area contributed by atoms with Gasteiger partial charge in [0, 0.05) is 24.7 Å². The summed E-state index contributed by atoms with van der Waals surface area (Å²) >= 11 is 6.36. The molecule has 4 aromatic rings. The summed E-state index contributed by atoms with van der Waals surface area (Å²) in [6.45, 7) is 3.30. The SMILES string of the molecule is CCn1cc(-c2ccccc2Cl)nc1/C=C/c1ccc(-c2ccc(OCCCC(=O)O)cc2)cc1. The lowest BCUT2D eigenvalue weighted by molar-refractivity contribution is -0.137. The number of carbonyl (C=O) groups is 1. The highest BCUT2D eigenvalue weighted by Crippen LogP contribution is 2.28. The number of hydrogen-bond acceptors (Lipinski definition) is 3. The third kappa shape index (κ3) is 6.40. The lowest BCUT2D eigenvalue weighted by atomic mass is 10.0. The number of carboxylic acid groups (broad SMARTS) is 1. The maximum atomic E-state index is 10.6. The van der Waals surface area contributed by atoms with Gasteiger partial charge in [0.25, 0.3) is 0 Å². The Labute approximate surface area is 210 Å². The molecule has 0 amide bonds. The largest absolute Gasteiger partial charge is 0.494 e. The summed E-state index contributed by atoms with van der Waals surface area (Å²) in [6.07, 6.45) is 6.72. The minimum Gasteiger partial charge on any atom is -0.494 e. The van der Waals surface area contributed by atoms with E-state index in [4.69, 9.17) is 26.4 Å². The molecule has 0 spiro atoms. The van der Waals surface area contributed by atoms with Crippen LogP contribution in [0.3, 0.4) is 0 Å². The van der Waals surface area contributed by atoms with Crippen LogP contribution in [0.15, 0.2) is 79.0 Å². The summed E-state index contributed by atoms with van der Waals surface area (Å²) in [6, 6.07) is 23.9. The Hall–Kier alpha value is -3.83. The van der Waals surface area contributed by atoms with Crippen LogP contribution in [-0.2, 0) is 11.3 Å². The zero-order valence-corrected chi connectivity index (χ0v) is 20.3. The van der Waals surface area contributed by atoms with Crippen LogP contribution < -0.4 is 4.74 Å². The summed E-state index contributed by atoms with van der Waals surface area (Å²) in [5.41, 5.74) is 5.07. The Balaban J connectivity index is 1.42. The Morgan fingerprint density at radius 3 is 2.34 bits per heavy atom. The predicted molar refractivity (Wildman–Crippen MR) is 142 cm³/mol. The molecule has 0 fully saturated rings. The van der Waals surface area contributed by atoms with Gasteiger partial charge in [0.2, 0.25) is 0 Å². The molecule has 35 heavy (non-hydrogen) atoms. The molecular weight excluding hydrogens is 460 g/mol. The van der Waals surface area contributed by atoms with Crippen LogP contribution in [0.1, 0.15) is 31.2 Å². The first-order valence-electron chi connectivity index (χ1n) is 11.6. The van der Waals surface area contributed by atoms with Gasteiger partial charge in [-0.25, -0.2) is 4.98 Å². The van der Waals surface area contributed by atoms with E-state index in [1.54, 1.807) is 0 Å². The molecule has 5 nitrogen and oxygen atoms in total. The van der Waals surface area contributed by atoms with Gasteiger partial charge in [0.05, 0.1) is 17.3 Å². The number of aromatic nitrogens is 2. The maximum Gasteiger partial charge on any atom is 0.303 e. The van der Waals surface area contributed by atoms with Gasteiger partial charge in [-0.15, -0.1) is 0 Å². The molecule has 0 atom stereocenters. The predicted octanol–water partition coefficient (Wildman–Crippen LogP) is 7.30. The molecule has 178 valence electrons. The molecular formula is C29H27ClN2O3. The van der Waals surface area contributed by atoms with E-state index >= 15 is 0 Å². The summed E-state index contributed by atoms with van der Waals surface area (Å²) in [5.74, 6) is 0.811. The van der Waals surface area contributed by atoms with Crippen molar-refractivity contribution in [3.05, 3.63) is 95.4 Å². The second-order valence-corrected chi connectivity index (χ2v) is 8.48. The third-order valence-electron chi connectivity index (χ3n) is 5.62. The van der Waals surface area contributed by atoms with Gasteiger partial charge in [0.15, 0.2) is 0 Å². The fourth-order valence-corrected chi connectivity index (χ4v) is 3.96. The fourth-order valence-electron chi connectivity index (χ4n) is 3.73. The van der Waals surface area contributed by atoms with E-state index in [2.05, 4.69) is 41.8 Å². The number of aliphatic carboxylic acids is 1. The molecule has 0 radical (unpaired) electrons. The van der Waals surface area contributed by atoms with Gasteiger partial charge in [-0.1, -0.05) is 72.3 Å². The molecule has 0 saturated carbocycles. The van der Waals surface area contributed by atoms with Crippen LogP contribution in [0, 0.1) is 0 Å². The van der Waals surface area contributed by atoms with E-state index in [0.29, 0.717) is 18.1 Å². The molecule has 1 N–H and O–H groups in total. The molecule has 6 heteroatoms. The van der Waals surface area contributed by atoms with Crippen LogP contribution in [0.2, 0.25) is 5.02 Å². The van der Waals surface area contributed by atoms with Crippen molar-refractivity contribution in [2.75, 3.05) is 6.61 Å². The minimum absolute atomic E-state index is 0.113. The van der Waals surface area contributed by atoms with Gasteiger partial charge in [0.1, 0.15) is 11.6 Å². The van der Waals surface area contributed by atoms with Crippen molar-refractivity contribution in [2.45, 2.75) is 26.3 Å². The number of aryl methyl sites for hydroxylation is 1. The molecule has 4 rings (SSSR count). The number of rotatable bonds is 10. The van der Waals surface area contributed by atoms with Crippen molar-refractivity contribution in [1.82, 2.24) is 9.55 Å². The fraction of sp³-hybridized carbons (Fsp3) is 0.172. The Morgan fingerprint density at radius 2 is 1.69 bits per heavy atom. The first-order valence-corrected chi connectivity index (χ1v) is 12.0. The Kier molecular flexibility index (Phi) is 8.01. The molecule has 0 unspecified atom stereocenters. The minimum atomic E-state index is -0.806. The van der Waals surface area contributed by atoms with E-state index in [9.17, 15) is 4.79 Å². The van der Waals surface area contributed by atoms with Crippen LogP contribution in [0.5, 0.6) is 5.75 Å². The first kappa shape index (κ1) is 24.3. The summed E-state index contributed by atoms with van der Waals surface area (Å²) in [4.78, 5) is 15.4.